The Morgan fingerprint density at radius 2 is 2.05 bits per heavy atom. The summed E-state index contributed by atoms with van der Waals surface area (Å²) in [5.74, 6) is -0.272. The van der Waals surface area contributed by atoms with Crippen molar-refractivity contribution in [2.24, 2.45) is 0 Å². The fourth-order valence-corrected chi connectivity index (χ4v) is 2.04. The lowest BCUT2D eigenvalue weighted by atomic mass is 10.1. The Hall–Kier alpha value is -2.36. The van der Waals surface area contributed by atoms with Crippen molar-refractivity contribution in [3.05, 3.63) is 59.4 Å². The number of nitrogen functional groups attached to an aromatic ring is 1. The van der Waals surface area contributed by atoms with E-state index in [0.29, 0.717) is 24.2 Å². The molecule has 0 saturated carbocycles. The van der Waals surface area contributed by atoms with Gasteiger partial charge in [0.25, 0.3) is 0 Å². The molecule has 0 spiro atoms. The van der Waals surface area contributed by atoms with Crippen molar-refractivity contribution in [2.75, 3.05) is 17.6 Å². The molecule has 0 bridgehead atoms. The lowest BCUT2D eigenvalue weighted by Gasteiger charge is -2.09. The third-order valence-electron chi connectivity index (χ3n) is 3.06. The number of ketones is 1. The Kier molecular flexibility index (Phi) is 4.35. The van der Waals surface area contributed by atoms with Gasteiger partial charge in [-0.15, -0.1) is 0 Å². The average Bonchev–Trinajstić information content (AvgIpc) is 2.38. The Labute approximate surface area is 117 Å². The molecule has 104 valence electrons. The second kappa shape index (κ2) is 6.19. The van der Waals surface area contributed by atoms with E-state index in [9.17, 15) is 9.18 Å². The molecule has 0 saturated heterocycles. The highest BCUT2D eigenvalue weighted by atomic mass is 19.1. The van der Waals surface area contributed by atoms with Crippen LogP contribution in [-0.4, -0.2) is 12.3 Å². The summed E-state index contributed by atoms with van der Waals surface area (Å²) in [6, 6.07) is 11.8. The summed E-state index contributed by atoms with van der Waals surface area (Å²) < 4.78 is 13.0. The van der Waals surface area contributed by atoms with Crippen molar-refractivity contribution >= 4 is 17.2 Å². The summed E-state index contributed by atoms with van der Waals surface area (Å²) in [5, 5.41) is 3.21. The first-order chi connectivity index (χ1) is 9.56. The van der Waals surface area contributed by atoms with Gasteiger partial charge >= 0.3 is 0 Å². The molecule has 0 unspecified atom stereocenters. The summed E-state index contributed by atoms with van der Waals surface area (Å²) in [4.78, 5) is 11.3. The molecule has 0 radical (unpaired) electrons. The smallest absolute Gasteiger partial charge is 0.161 e. The van der Waals surface area contributed by atoms with Crippen LogP contribution in [0.2, 0.25) is 0 Å². The lowest BCUT2D eigenvalue weighted by molar-refractivity contribution is 0.101. The molecule has 0 aliphatic carbocycles. The summed E-state index contributed by atoms with van der Waals surface area (Å²) in [6.45, 7) is 2.16. The number of carbonyl (C=O) groups is 1. The lowest BCUT2D eigenvalue weighted by Crippen LogP contribution is -2.06. The molecule has 3 N–H and O–H groups in total. The van der Waals surface area contributed by atoms with Crippen LogP contribution in [0.5, 0.6) is 0 Å². The number of nitrogens with one attached hydrogen (secondary N) is 1. The highest BCUT2D eigenvalue weighted by molar-refractivity contribution is 5.99. The van der Waals surface area contributed by atoms with Gasteiger partial charge in [-0.25, -0.2) is 4.39 Å². The maximum absolute atomic E-state index is 13.0. The third kappa shape index (κ3) is 3.57. The van der Waals surface area contributed by atoms with Gasteiger partial charge in [0.05, 0.1) is 0 Å². The number of anilines is 2. The highest BCUT2D eigenvalue weighted by Crippen LogP contribution is 2.18. The summed E-state index contributed by atoms with van der Waals surface area (Å²) in [5.41, 5.74) is 8.60. The fraction of sp³-hybridized carbons (Fsp3) is 0.188. The maximum atomic E-state index is 13.0. The van der Waals surface area contributed by atoms with E-state index in [4.69, 9.17) is 5.73 Å². The molecule has 0 heterocycles. The quantitative estimate of drug-likeness (QED) is 0.649. The first-order valence-electron chi connectivity index (χ1n) is 6.45. The molecule has 0 amide bonds. The molecule has 2 aromatic rings. The van der Waals surface area contributed by atoms with Gasteiger partial charge in [-0.1, -0.05) is 12.1 Å². The minimum absolute atomic E-state index is 0.0474. The second-order valence-corrected chi connectivity index (χ2v) is 4.66. The predicted octanol–water partition coefficient (Wildman–Crippen LogP) is 3.27. The molecule has 2 aromatic carbocycles. The van der Waals surface area contributed by atoms with E-state index in [2.05, 4.69) is 5.32 Å². The number of benzene rings is 2. The number of hydrogen-bond donors (Lipinski definition) is 2. The molecular formula is C16H17FN2O. The van der Waals surface area contributed by atoms with Crippen molar-refractivity contribution < 1.29 is 9.18 Å². The largest absolute Gasteiger partial charge is 0.398 e. The molecule has 0 aliphatic rings. The number of halogens is 1. The molecule has 20 heavy (non-hydrogen) atoms. The summed E-state index contributed by atoms with van der Waals surface area (Å²) >= 11 is 0. The minimum Gasteiger partial charge on any atom is -0.398 e. The van der Waals surface area contributed by atoms with Crippen molar-refractivity contribution in [2.45, 2.75) is 13.3 Å². The van der Waals surface area contributed by atoms with Crippen molar-refractivity contribution in [3.8, 4) is 0 Å². The van der Waals surface area contributed by atoms with Crippen LogP contribution < -0.4 is 11.1 Å². The normalized spacial score (nSPS) is 10.3. The van der Waals surface area contributed by atoms with Gasteiger partial charge in [-0.3, -0.25) is 4.79 Å². The summed E-state index contributed by atoms with van der Waals surface area (Å²) in [6.07, 6.45) is 0.714. The summed E-state index contributed by atoms with van der Waals surface area (Å²) in [7, 11) is 0. The standard InChI is InChI=1S/C16H17FN2O/c1-11(20)15-6-5-14(10-16(15)18)19-8-7-12-3-2-4-13(17)9-12/h2-6,9-10,19H,7-8,18H2,1H3. The van der Waals surface area contributed by atoms with Gasteiger partial charge in [0.15, 0.2) is 5.78 Å². The second-order valence-electron chi connectivity index (χ2n) is 4.66. The van der Waals surface area contributed by atoms with Crippen molar-refractivity contribution in [1.82, 2.24) is 0 Å². The van der Waals surface area contributed by atoms with Crippen molar-refractivity contribution in [1.29, 1.82) is 0 Å². The molecule has 0 atom stereocenters. The predicted molar refractivity (Wildman–Crippen MR) is 79.5 cm³/mol. The minimum atomic E-state index is -0.224. The molecule has 0 aromatic heterocycles. The third-order valence-corrected chi connectivity index (χ3v) is 3.06. The zero-order chi connectivity index (χ0) is 14.5. The van der Waals surface area contributed by atoms with Gasteiger partial charge in [0.1, 0.15) is 5.82 Å². The van der Waals surface area contributed by atoms with E-state index in [1.54, 1.807) is 18.2 Å². The zero-order valence-electron chi connectivity index (χ0n) is 11.3. The Morgan fingerprint density at radius 3 is 2.70 bits per heavy atom. The van der Waals surface area contributed by atoms with E-state index in [1.165, 1.54) is 19.1 Å². The van der Waals surface area contributed by atoms with Gasteiger partial charge < -0.3 is 11.1 Å². The molecule has 3 nitrogen and oxygen atoms in total. The first kappa shape index (κ1) is 14.1. The number of carbonyl (C=O) groups excluding carboxylic acids is 1. The van der Waals surface area contributed by atoms with E-state index in [0.717, 1.165) is 11.3 Å². The number of rotatable bonds is 5. The Morgan fingerprint density at radius 1 is 1.25 bits per heavy atom. The number of nitrogens with two attached hydrogens (primary N) is 1. The highest BCUT2D eigenvalue weighted by Gasteiger charge is 2.05. The van der Waals surface area contributed by atoms with Crippen LogP contribution in [-0.2, 0) is 6.42 Å². The zero-order valence-corrected chi connectivity index (χ0v) is 11.3. The number of hydrogen-bond acceptors (Lipinski definition) is 3. The molecule has 0 fully saturated rings. The fourth-order valence-electron chi connectivity index (χ4n) is 2.04. The van der Waals surface area contributed by atoms with Gasteiger partial charge in [0.2, 0.25) is 0 Å². The van der Waals surface area contributed by atoms with Gasteiger partial charge in [-0.05, 0) is 49.2 Å². The molecule has 4 heteroatoms. The van der Waals surface area contributed by atoms with Crippen LogP contribution in [0.3, 0.4) is 0 Å². The number of Topliss-reactive ketones (excluding diaryl/α,β-unsaturated/α-hetero) is 1. The van der Waals surface area contributed by atoms with E-state index in [1.807, 2.05) is 12.1 Å². The molecule has 2 rings (SSSR count). The van der Waals surface area contributed by atoms with E-state index >= 15 is 0 Å². The van der Waals surface area contributed by atoms with Gasteiger partial charge in [0, 0.05) is 23.5 Å². The van der Waals surface area contributed by atoms with Crippen LogP contribution in [0.1, 0.15) is 22.8 Å². The van der Waals surface area contributed by atoms with Crippen LogP contribution in [0.25, 0.3) is 0 Å². The van der Waals surface area contributed by atoms with E-state index in [-0.39, 0.29) is 11.6 Å². The molecule has 0 aliphatic heterocycles. The van der Waals surface area contributed by atoms with Crippen LogP contribution in [0.4, 0.5) is 15.8 Å². The Balaban J connectivity index is 1.94. The molecular weight excluding hydrogens is 255 g/mol. The van der Waals surface area contributed by atoms with Gasteiger partial charge in [-0.2, -0.15) is 0 Å². The Bertz CT molecular complexity index is 626. The SMILES string of the molecule is CC(=O)c1ccc(NCCc2cccc(F)c2)cc1N. The monoisotopic (exact) mass is 272 g/mol. The van der Waals surface area contributed by atoms with Crippen molar-refractivity contribution in [3.63, 3.8) is 0 Å². The topological polar surface area (TPSA) is 55.1 Å². The van der Waals surface area contributed by atoms with E-state index < -0.39 is 0 Å². The van der Waals surface area contributed by atoms with Crippen LogP contribution in [0, 0.1) is 5.82 Å². The van der Waals surface area contributed by atoms with Crippen LogP contribution in [0.15, 0.2) is 42.5 Å². The first-order valence-corrected chi connectivity index (χ1v) is 6.45. The van der Waals surface area contributed by atoms with Crippen LogP contribution >= 0.6 is 0 Å². The maximum Gasteiger partial charge on any atom is 0.161 e. The average molecular weight is 272 g/mol.